The van der Waals surface area contributed by atoms with Crippen molar-refractivity contribution in [3.05, 3.63) is 107 Å². The van der Waals surface area contributed by atoms with Gasteiger partial charge in [-0.2, -0.15) is 0 Å². The van der Waals surface area contributed by atoms with Crippen LogP contribution in [0.1, 0.15) is 47.3 Å². The second-order valence-corrected chi connectivity index (χ2v) is 10.4. The highest BCUT2D eigenvalue weighted by Crippen LogP contribution is 2.39. The predicted molar refractivity (Wildman–Crippen MR) is 150 cm³/mol. The Morgan fingerprint density at radius 3 is 2.38 bits per heavy atom. The van der Waals surface area contributed by atoms with Crippen LogP contribution in [0, 0.1) is 11.7 Å². The van der Waals surface area contributed by atoms with Crippen LogP contribution in [0.4, 0.5) is 9.18 Å². The fourth-order valence-electron chi connectivity index (χ4n) is 5.01. The summed E-state index contributed by atoms with van der Waals surface area (Å²) in [6, 6.07) is 22.3. The second kappa shape index (κ2) is 12.1. The Labute approximate surface area is 233 Å². The summed E-state index contributed by atoms with van der Waals surface area (Å²) in [4.78, 5) is 46.2. The third kappa shape index (κ3) is 6.36. The van der Waals surface area contributed by atoms with E-state index < -0.39 is 11.6 Å². The number of hydrogen-bond acceptors (Lipinski definition) is 4. The number of carboxylic acid groups (broad SMARTS) is 1. The van der Waals surface area contributed by atoms with E-state index in [0.29, 0.717) is 30.5 Å². The van der Waals surface area contributed by atoms with Gasteiger partial charge >= 0.3 is 6.09 Å². The molecule has 1 aliphatic heterocycles. The van der Waals surface area contributed by atoms with Crippen molar-refractivity contribution in [2.45, 2.75) is 38.8 Å². The lowest BCUT2D eigenvalue weighted by Gasteiger charge is -2.28. The Balaban J connectivity index is 1.53. The van der Waals surface area contributed by atoms with E-state index in [4.69, 9.17) is 0 Å². The zero-order valence-electron chi connectivity index (χ0n) is 22.8. The summed E-state index contributed by atoms with van der Waals surface area (Å²) in [6.07, 6.45) is -0.509. The van der Waals surface area contributed by atoms with E-state index in [1.807, 2.05) is 50.2 Å². The monoisotopic (exact) mass is 544 g/mol. The van der Waals surface area contributed by atoms with Crippen LogP contribution in [0.3, 0.4) is 0 Å². The van der Waals surface area contributed by atoms with Gasteiger partial charge in [-0.3, -0.25) is 19.8 Å². The summed E-state index contributed by atoms with van der Waals surface area (Å²) in [5, 5.41) is 11.8. The van der Waals surface area contributed by atoms with Crippen molar-refractivity contribution < 1.29 is 23.9 Å². The van der Waals surface area contributed by atoms with Crippen LogP contribution < -0.4 is 5.32 Å². The van der Waals surface area contributed by atoms with Gasteiger partial charge in [-0.15, -0.1) is 0 Å². The number of carbonyl (C=O) groups excluding carboxylic acids is 2. The molecule has 40 heavy (non-hydrogen) atoms. The zero-order chi connectivity index (χ0) is 28.9. The predicted octanol–water partition coefficient (Wildman–Crippen LogP) is 5.05. The number of carbonyl (C=O) groups is 3. The second-order valence-electron chi connectivity index (χ2n) is 10.4. The first-order chi connectivity index (χ1) is 19.1. The first kappa shape index (κ1) is 28.5. The molecule has 2 N–H and O–H groups in total. The Bertz CT molecular complexity index is 1410. The summed E-state index contributed by atoms with van der Waals surface area (Å²) < 4.78 is 13.2. The third-order valence-electron chi connectivity index (χ3n) is 6.80. The number of benzene rings is 3. The average molecular weight is 545 g/mol. The molecule has 0 fully saturated rings. The van der Waals surface area contributed by atoms with Gasteiger partial charge in [0.05, 0.1) is 0 Å². The Hall–Kier alpha value is -4.53. The Kier molecular flexibility index (Phi) is 8.62. The molecule has 0 saturated heterocycles. The molecule has 3 amide bonds. The van der Waals surface area contributed by atoms with Crippen molar-refractivity contribution in [3.8, 4) is 0 Å². The largest absolute Gasteiger partial charge is 0.465 e. The Morgan fingerprint density at radius 1 is 1.02 bits per heavy atom. The third-order valence-corrected chi connectivity index (χ3v) is 6.80. The van der Waals surface area contributed by atoms with Crippen LogP contribution in [0.5, 0.6) is 0 Å². The number of hydrogen-bond donors (Lipinski definition) is 2. The van der Waals surface area contributed by atoms with Crippen molar-refractivity contribution in [1.82, 2.24) is 15.1 Å². The fraction of sp³-hybridized carbons (Fsp3) is 0.290. The lowest BCUT2D eigenvalue weighted by Crippen LogP contribution is -2.47. The zero-order valence-corrected chi connectivity index (χ0v) is 22.8. The first-order valence-electron chi connectivity index (χ1n) is 13.1. The van der Waals surface area contributed by atoms with Gasteiger partial charge in [0.25, 0.3) is 11.8 Å². The van der Waals surface area contributed by atoms with Crippen molar-refractivity contribution in [3.63, 3.8) is 0 Å². The highest BCUT2D eigenvalue weighted by atomic mass is 19.1. The number of rotatable bonds is 9. The van der Waals surface area contributed by atoms with E-state index in [9.17, 15) is 23.9 Å². The van der Waals surface area contributed by atoms with Crippen molar-refractivity contribution in [2.24, 2.45) is 10.9 Å². The van der Waals surface area contributed by atoms with Crippen LogP contribution in [0.25, 0.3) is 0 Å². The van der Waals surface area contributed by atoms with Crippen LogP contribution >= 0.6 is 0 Å². The maximum Gasteiger partial charge on any atom is 0.411 e. The highest BCUT2D eigenvalue weighted by Gasteiger charge is 2.50. The number of nitrogens with one attached hydrogen (secondary N) is 1. The van der Waals surface area contributed by atoms with Crippen molar-refractivity contribution >= 4 is 23.9 Å². The molecule has 3 aromatic carbocycles. The fourth-order valence-corrected chi connectivity index (χ4v) is 5.01. The number of halogens is 1. The molecule has 0 saturated carbocycles. The first-order valence-corrected chi connectivity index (χ1v) is 13.1. The number of guanidine groups is 1. The molecule has 0 unspecified atom stereocenters. The molecule has 1 aliphatic rings. The molecular formula is C31H33FN4O4. The van der Waals surface area contributed by atoms with Gasteiger partial charge in [-0.25, -0.2) is 14.2 Å². The molecule has 0 spiro atoms. The summed E-state index contributed by atoms with van der Waals surface area (Å²) in [7, 11) is 1.68. The highest BCUT2D eigenvalue weighted by molar-refractivity contribution is 6.11. The van der Waals surface area contributed by atoms with Crippen molar-refractivity contribution in [2.75, 3.05) is 13.6 Å². The van der Waals surface area contributed by atoms with Crippen LogP contribution in [0.2, 0.25) is 0 Å². The van der Waals surface area contributed by atoms with Gasteiger partial charge in [-0.05, 0) is 59.7 Å². The molecule has 208 valence electrons. The quantitative estimate of drug-likeness (QED) is 0.394. The number of aliphatic imine (C=N–C) groups is 1. The van der Waals surface area contributed by atoms with Crippen LogP contribution in [0.15, 0.2) is 83.9 Å². The van der Waals surface area contributed by atoms with Gasteiger partial charge in [0.15, 0.2) is 5.54 Å². The molecule has 0 bridgehead atoms. The van der Waals surface area contributed by atoms with Crippen LogP contribution in [-0.4, -0.2) is 52.4 Å². The molecule has 1 atom stereocenters. The SMILES string of the molecule is CC(C)C[C@]1(c2ccccc2)N=C(NC(=O)O)N(CCc2cccc(C(=O)N(C)Cc3ccc(F)cc3)c2)C1=O. The van der Waals surface area contributed by atoms with E-state index in [-0.39, 0.29) is 36.1 Å². The molecular weight excluding hydrogens is 511 g/mol. The maximum atomic E-state index is 13.9. The average Bonchev–Trinajstić information content (AvgIpc) is 3.18. The summed E-state index contributed by atoms with van der Waals surface area (Å²) in [5.74, 6) is -0.707. The van der Waals surface area contributed by atoms with E-state index in [2.05, 4.69) is 10.3 Å². The maximum absolute atomic E-state index is 13.9. The van der Waals surface area contributed by atoms with E-state index in [1.54, 1.807) is 42.3 Å². The van der Waals surface area contributed by atoms with Gasteiger partial charge in [0.1, 0.15) is 5.82 Å². The number of nitrogens with zero attached hydrogens (tertiary/aromatic N) is 3. The summed E-state index contributed by atoms with van der Waals surface area (Å²) >= 11 is 0. The van der Waals surface area contributed by atoms with Crippen molar-refractivity contribution in [1.29, 1.82) is 0 Å². The Morgan fingerprint density at radius 2 is 1.73 bits per heavy atom. The van der Waals surface area contributed by atoms with Gasteiger partial charge in [0, 0.05) is 25.7 Å². The van der Waals surface area contributed by atoms with Gasteiger partial charge in [0.2, 0.25) is 5.96 Å². The molecule has 9 heteroatoms. The lowest BCUT2D eigenvalue weighted by atomic mass is 9.82. The standard InChI is InChI=1S/C31H33FN4O4/c1-21(2)19-31(25-10-5-4-6-11-25)28(38)36(29(34-31)33-30(39)40)17-16-22-8-7-9-24(18-22)27(37)35(3)20-23-12-14-26(32)15-13-23/h4-15,18,21H,16-17,19-20H2,1-3H3,(H,33,34)(H,39,40)/t31-/m1/s1. The molecule has 0 radical (unpaired) electrons. The van der Waals surface area contributed by atoms with E-state index in [1.165, 1.54) is 17.0 Å². The summed E-state index contributed by atoms with van der Waals surface area (Å²) in [6.45, 7) is 4.49. The smallest absolute Gasteiger partial charge is 0.411 e. The van der Waals surface area contributed by atoms with E-state index >= 15 is 0 Å². The minimum atomic E-state index is -1.30. The minimum absolute atomic E-state index is 0.00624. The molecule has 3 aromatic rings. The molecule has 0 aliphatic carbocycles. The molecule has 1 heterocycles. The normalized spacial score (nSPS) is 16.7. The van der Waals surface area contributed by atoms with Gasteiger partial charge in [-0.1, -0.05) is 68.4 Å². The van der Waals surface area contributed by atoms with Crippen LogP contribution in [-0.2, 0) is 23.3 Å². The molecule has 8 nitrogen and oxygen atoms in total. The molecule has 4 rings (SSSR count). The topological polar surface area (TPSA) is 102 Å². The lowest BCUT2D eigenvalue weighted by molar-refractivity contribution is -0.132. The minimum Gasteiger partial charge on any atom is -0.465 e. The number of amides is 3. The summed E-state index contributed by atoms with van der Waals surface area (Å²) in [5.41, 5.74) is 1.57. The molecule has 0 aromatic heterocycles. The van der Waals surface area contributed by atoms with Gasteiger partial charge < -0.3 is 10.0 Å². The van der Waals surface area contributed by atoms with E-state index in [0.717, 1.165) is 11.1 Å².